The van der Waals surface area contributed by atoms with Crippen molar-refractivity contribution in [2.45, 2.75) is 12.2 Å². The van der Waals surface area contributed by atoms with E-state index in [9.17, 15) is 9.00 Å². The highest BCUT2D eigenvalue weighted by molar-refractivity contribution is 7.86. The van der Waals surface area contributed by atoms with Crippen molar-refractivity contribution in [1.29, 1.82) is 0 Å². The molecule has 5 heteroatoms. The lowest BCUT2D eigenvalue weighted by Crippen LogP contribution is -2.23. The van der Waals surface area contributed by atoms with Crippen molar-refractivity contribution in [1.82, 2.24) is 0 Å². The lowest BCUT2D eigenvalue weighted by Gasteiger charge is -2.18. The SMILES string of the molecule is Cc1cc(Cl)ccc1NC(=O)CS(=O)C(c1ccccc1)c1ccccc1. The number of anilines is 1. The first-order valence-corrected chi connectivity index (χ1v) is 10.3. The minimum Gasteiger partial charge on any atom is -0.325 e. The first-order chi connectivity index (χ1) is 13.0. The van der Waals surface area contributed by atoms with Gasteiger partial charge >= 0.3 is 0 Å². The van der Waals surface area contributed by atoms with Gasteiger partial charge in [-0.15, -0.1) is 0 Å². The van der Waals surface area contributed by atoms with E-state index in [1.54, 1.807) is 18.2 Å². The summed E-state index contributed by atoms with van der Waals surface area (Å²) in [5, 5.41) is 3.09. The molecule has 0 radical (unpaired) electrons. The van der Waals surface area contributed by atoms with E-state index in [-0.39, 0.29) is 16.9 Å². The Bertz CT molecular complexity index is 906. The minimum absolute atomic E-state index is 0.0868. The number of hydrogen-bond acceptors (Lipinski definition) is 2. The van der Waals surface area contributed by atoms with Gasteiger partial charge in [0, 0.05) is 21.5 Å². The zero-order valence-corrected chi connectivity index (χ0v) is 16.5. The average molecular weight is 398 g/mol. The summed E-state index contributed by atoms with van der Waals surface area (Å²) in [4.78, 5) is 12.5. The summed E-state index contributed by atoms with van der Waals surface area (Å²) < 4.78 is 13.1. The van der Waals surface area contributed by atoms with Gasteiger partial charge in [0.05, 0.1) is 5.25 Å². The molecule has 3 rings (SSSR count). The van der Waals surface area contributed by atoms with Gasteiger partial charge in [0.25, 0.3) is 0 Å². The fourth-order valence-corrected chi connectivity index (χ4v) is 4.56. The van der Waals surface area contributed by atoms with Gasteiger partial charge in [-0.05, 0) is 41.8 Å². The van der Waals surface area contributed by atoms with Crippen LogP contribution in [-0.2, 0) is 15.6 Å². The van der Waals surface area contributed by atoms with Crippen LogP contribution < -0.4 is 5.32 Å². The molecule has 3 nitrogen and oxygen atoms in total. The fourth-order valence-electron chi connectivity index (χ4n) is 2.92. The normalized spacial score (nSPS) is 12.0. The van der Waals surface area contributed by atoms with Crippen LogP contribution in [0.2, 0.25) is 5.02 Å². The molecule has 0 aliphatic carbocycles. The average Bonchev–Trinajstić information content (AvgIpc) is 2.66. The van der Waals surface area contributed by atoms with Crippen LogP contribution in [-0.4, -0.2) is 15.9 Å². The molecule has 0 bridgehead atoms. The highest BCUT2D eigenvalue weighted by Crippen LogP contribution is 2.28. The molecule has 0 aliphatic rings. The molecule has 0 aliphatic heterocycles. The van der Waals surface area contributed by atoms with Gasteiger partial charge in [0.15, 0.2) is 0 Å². The van der Waals surface area contributed by atoms with Crippen LogP contribution in [0, 0.1) is 6.92 Å². The number of nitrogens with one attached hydrogen (secondary N) is 1. The van der Waals surface area contributed by atoms with E-state index < -0.39 is 10.8 Å². The minimum atomic E-state index is -1.41. The highest BCUT2D eigenvalue weighted by Gasteiger charge is 2.23. The van der Waals surface area contributed by atoms with Crippen LogP contribution in [0.3, 0.4) is 0 Å². The molecule has 0 heterocycles. The Morgan fingerprint density at radius 2 is 1.52 bits per heavy atom. The van der Waals surface area contributed by atoms with Gasteiger partial charge in [0.1, 0.15) is 5.75 Å². The molecule has 1 amide bonds. The van der Waals surface area contributed by atoms with E-state index in [2.05, 4.69) is 5.32 Å². The van der Waals surface area contributed by atoms with Gasteiger partial charge in [-0.25, -0.2) is 0 Å². The molecule has 3 aromatic rings. The zero-order valence-electron chi connectivity index (χ0n) is 14.9. The molecule has 3 aromatic carbocycles. The predicted molar refractivity (Wildman–Crippen MR) is 113 cm³/mol. The van der Waals surface area contributed by atoms with E-state index in [1.807, 2.05) is 67.6 Å². The molecule has 0 saturated heterocycles. The molecule has 1 unspecified atom stereocenters. The Kier molecular flexibility index (Phi) is 6.43. The zero-order chi connectivity index (χ0) is 19.2. The predicted octanol–water partition coefficient (Wildman–Crippen LogP) is 5.13. The first kappa shape index (κ1) is 19.3. The van der Waals surface area contributed by atoms with E-state index in [1.165, 1.54) is 0 Å². The van der Waals surface area contributed by atoms with Crippen LogP contribution in [0.25, 0.3) is 0 Å². The monoisotopic (exact) mass is 397 g/mol. The van der Waals surface area contributed by atoms with Crippen molar-refractivity contribution in [3.8, 4) is 0 Å². The van der Waals surface area contributed by atoms with Gasteiger partial charge < -0.3 is 5.32 Å². The Morgan fingerprint density at radius 1 is 0.963 bits per heavy atom. The third kappa shape index (κ3) is 5.06. The number of carbonyl (C=O) groups is 1. The third-order valence-corrected chi connectivity index (χ3v) is 6.06. The summed E-state index contributed by atoms with van der Waals surface area (Å²) in [6.07, 6.45) is 0. The number of hydrogen-bond donors (Lipinski definition) is 1. The van der Waals surface area contributed by atoms with Crippen molar-refractivity contribution < 1.29 is 9.00 Å². The van der Waals surface area contributed by atoms with Crippen LogP contribution in [0.1, 0.15) is 21.9 Å². The van der Waals surface area contributed by atoms with Crippen LogP contribution in [0.15, 0.2) is 78.9 Å². The first-order valence-electron chi connectivity index (χ1n) is 8.57. The van der Waals surface area contributed by atoms with Gasteiger partial charge in [-0.1, -0.05) is 72.3 Å². The van der Waals surface area contributed by atoms with E-state index in [4.69, 9.17) is 11.6 Å². The molecule has 138 valence electrons. The van der Waals surface area contributed by atoms with Crippen molar-refractivity contribution in [3.05, 3.63) is 101 Å². The number of rotatable bonds is 6. The molecule has 1 atom stereocenters. The van der Waals surface area contributed by atoms with Crippen molar-refractivity contribution in [3.63, 3.8) is 0 Å². The summed E-state index contributed by atoms with van der Waals surface area (Å²) in [6.45, 7) is 1.87. The Hall–Kier alpha value is -2.43. The molecule has 0 spiro atoms. The molecular formula is C22H20ClNO2S. The summed E-state index contributed by atoms with van der Waals surface area (Å²) in [7, 11) is -1.41. The number of benzene rings is 3. The lowest BCUT2D eigenvalue weighted by atomic mass is 10.0. The van der Waals surface area contributed by atoms with Crippen LogP contribution >= 0.6 is 11.6 Å². The van der Waals surface area contributed by atoms with Crippen LogP contribution in [0.5, 0.6) is 0 Å². The smallest absolute Gasteiger partial charge is 0.237 e. The van der Waals surface area contributed by atoms with E-state index >= 15 is 0 Å². The summed E-state index contributed by atoms with van der Waals surface area (Å²) >= 11 is 5.95. The number of halogens is 1. The number of aryl methyl sites for hydroxylation is 1. The van der Waals surface area contributed by atoms with Gasteiger partial charge in [-0.2, -0.15) is 0 Å². The molecule has 0 fully saturated rings. The maximum absolute atomic E-state index is 13.1. The number of carbonyl (C=O) groups excluding carboxylic acids is 1. The lowest BCUT2D eigenvalue weighted by molar-refractivity contribution is -0.113. The fraction of sp³-hybridized carbons (Fsp3) is 0.136. The third-order valence-electron chi connectivity index (χ3n) is 4.20. The van der Waals surface area contributed by atoms with E-state index in [0.29, 0.717) is 10.7 Å². The second-order valence-electron chi connectivity index (χ2n) is 6.23. The Balaban J connectivity index is 1.79. The molecular weight excluding hydrogens is 378 g/mol. The summed E-state index contributed by atoms with van der Waals surface area (Å²) in [5.41, 5.74) is 3.40. The molecule has 0 saturated carbocycles. The van der Waals surface area contributed by atoms with Crippen molar-refractivity contribution in [2.75, 3.05) is 11.1 Å². The summed E-state index contributed by atoms with van der Waals surface area (Å²) in [6, 6.07) is 24.5. The molecule has 1 N–H and O–H groups in total. The van der Waals surface area contributed by atoms with Gasteiger partial charge in [-0.3, -0.25) is 9.00 Å². The quantitative estimate of drug-likeness (QED) is 0.627. The molecule has 0 aromatic heterocycles. The second-order valence-corrected chi connectivity index (χ2v) is 8.19. The van der Waals surface area contributed by atoms with Crippen LogP contribution in [0.4, 0.5) is 5.69 Å². The Labute approximate surface area is 166 Å². The Morgan fingerprint density at radius 3 is 2.04 bits per heavy atom. The number of amides is 1. The maximum Gasteiger partial charge on any atom is 0.237 e. The summed E-state index contributed by atoms with van der Waals surface area (Å²) in [5.74, 6) is -0.369. The maximum atomic E-state index is 13.1. The van der Waals surface area contributed by atoms with Gasteiger partial charge in [0.2, 0.25) is 5.91 Å². The largest absolute Gasteiger partial charge is 0.325 e. The highest BCUT2D eigenvalue weighted by atomic mass is 35.5. The molecule has 27 heavy (non-hydrogen) atoms. The van der Waals surface area contributed by atoms with E-state index in [0.717, 1.165) is 16.7 Å². The second kappa shape index (κ2) is 8.98. The van der Waals surface area contributed by atoms with Crippen molar-refractivity contribution in [2.24, 2.45) is 0 Å². The topological polar surface area (TPSA) is 46.2 Å². The standard InChI is InChI=1S/C22H20ClNO2S/c1-16-14-19(23)12-13-20(16)24-21(25)15-27(26)22(17-8-4-2-5-9-17)18-10-6-3-7-11-18/h2-14,22H,15H2,1H3,(H,24,25). The van der Waals surface area contributed by atoms with Crippen molar-refractivity contribution >= 4 is 34.0 Å².